The van der Waals surface area contributed by atoms with E-state index in [1.165, 1.54) is 6.20 Å². The largest absolute Gasteiger partial charge is 0.462 e. The smallest absolute Gasteiger partial charge is 0.339 e. The van der Waals surface area contributed by atoms with Crippen LogP contribution in [-0.4, -0.2) is 22.5 Å². The van der Waals surface area contributed by atoms with Gasteiger partial charge < -0.3 is 9.72 Å². The molecule has 0 aliphatic rings. The van der Waals surface area contributed by atoms with Crippen molar-refractivity contribution in [1.82, 2.24) is 9.97 Å². The van der Waals surface area contributed by atoms with Crippen molar-refractivity contribution < 1.29 is 9.53 Å². The molecule has 3 aromatic rings. The highest BCUT2D eigenvalue weighted by Gasteiger charge is 2.10. The molecule has 0 saturated carbocycles. The number of esters is 1. The highest BCUT2D eigenvalue weighted by molar-refractivity contribution is 5.97. The van der Waals surface area contributed by atoms with Gasteiger partial charge in [0.05, 0.1) is 12.2 Å². The van der Waals surface area contributed by atoms with Crippen molar-refractivity contribution in [2.45, 2.75) is 6.92 Å². The average Bonchev–Trinajstić information content (AvgIpc) is 2.96. The van der Waals surface area contributed by atoms with Crippen LogP contribution in [0, 0.1) is 0 Å². The van der Waals surface area contributed by atoms with E-state index in [4.69, 9.17) is 4.74 Å². The molecule has 4 heteroatoms. The predicted molar refractivity (Wildman–Crippen MR) is 77.5 cm³/mol. The number of nitrogens with one attached hydrogen (secondary N) is 1. The molecule has 0 fully saturated rings. The zero-order chi connectivity index (χ0) is 13.9. The molecule has 3 rings (SSSR count). The molecule has 2 heterocycles. The molecule has 0 bridgehead atoms. The lowest BCUT2D eigenvalue weighted by molar-refractivity contribution is 0.0526. The number of hydrogen-bond acceptors (Lipinski definition) is 3. The number of carbonyl (C=O) groups is 1. The number of fused-ring (bicyclic) bond motifs is 1. The fourth-order valence-corrected chi connectivity index (χ4v) is 2.25. The lowest BCUT2D eigenvalue weighted by Crippen LogP contribution is -2.05. The molecule has 2 aromatic heterocycles. The fraction of sp³-hybridized carbons (Fsp3) is 0.125. The monoisotopic (exact) mass is 266 g/mol. The molecule has 0 aliphatic carbocycles. The van der Waals surface area contributed by atoms with E-state index in [0.29, 0.717) is 12.2 Å². The summed E-state index contributed by atoms with van der Waals surface area (Å²) in [6, 6.07) is 9.84. The first kappa shape index (κ1) is 12.4. The number of aromatic amines is 1. The van der Waals surface area contributed by atoms with E-state index in [-0.39, 0.29) is 5.97 Å². The molecule has 0 unspecified atom stereocenters. The molecule has 0 spiro atoms. The number of aromatic nitrogens is 2. The number of H-pyrrole nitrogens is 1. The Hall–Kier alpha value is -2.62. The van der Waals surface area contributed by atoms with Crippen molar-refractivity contribution in [3.8, 4) is 11.1 Å². The topological polar surface area (TPSA) is 55.0 Å². The van der Waals surface area contributed by atoms with E-state index in [2.05, 4.69) is 9.97 Å². The number of ether oxygens (including phenoxy) is 1. The van der Waals surface area contributed by atoms with Gasteiger partial charge in [-0.05, 0) is 30.7 Å². The first-order valence-electron chi connectivity index (χ1n) is 6.48. The lowest BCUT2D eigenvalue weighted by atomic mass is 10.0. The van der Waals surface area contributed by atoms with Gasteiger partial charge in [0.1, 0.15) is 0 Å². The maximum atomic E-state index is 11.8. The zero-order valence-electron chi connectivity index (χ0n) is 11.1. The predicted octanol–water partition coefficient (Wildman–Crippen LogP) is 3.41. The summed E-state index contributed by atoms with van der Waals surface area (Å²) in [7, 11) is 0. The minimum atomic E-state index is -0.344. The van der Waals surface area contributed by atoms with Crippen LogP contribution >= 0.6 is 0 Å². The van der Waals surface area contributed by atoms with Crippen LogP contribution in [0.5, 0.6) is 0 Å². The summed E-state index contributed by atoms with van der Waals surface area (Å²) in [6.07, 6.45) is 5.18. The summed E-state index contributed by atoms with van der Waals surface area (Å²) in [4.78, 5) is 19.1. The van der Waals surface area contributed by atoms with Gasteiger partial charge in [0.25, 0.3) is 0 Å². The molecule has 0 atom stereocenters. The second-order valence-electron chi connectivity index (χ2n) is 4.43. The normalized spacial score (nSPS) is 10.7. The van der Waals surface area contributed by atoms with E-state index in [1.54, 1.807) is 13.1 Å². The zero-order valence-corrected chi connectivity index (χ0v) is 11.1. The number of benzene rings is 1. The summed E-state index contributed by atoms with van der Waals surface area (Å²) >= 11 is 0. The maximum Gasteiger partial charge on any atom is 0.339 e. The summed E-state index contributed by atoms with van der Waals surface area (Å²) < 4.78 is 5.01. The molecule has 20 heavy (non-hydrogen) atoms. The van der Waals surface area contributed by atoms with Gasteiger partial charge in [-0.15, -0.1) is 0 Å². The third kappa shape index (κ3) is 2.16. The SMILES string of the molecule is CCOC(=O)c1cncc(-c2cccc3[nH]ccc23)c1. The standard InChI is InChI=1S/C16H14N2O2/c1-2-20-16(19)12-8-11(9-17-10-12)13-4-3-5-15-14(13)6-7-18-15/h3-10,18H,2H2,1H3. The lowest BCUT2D eigenvalue weighted by Gasteiger charge is -2.06. The van der Waals surface area contributed by atoms with Gasteiger partial charge in [0, 0.05) is 35.1 Å². The number of carbonyl (C=O) groups excluding carboxylic acids is 1. The summed E-state index contributed by atoms with van der Waals surface area (Å²) in [5.74, 6) is -0.344. The molecular formula is C16H14N2O2. The Morgan fingerprint density at radius 2 is 2.20 bits per heavy atom. The molecule has 0 aliphatic heterocycles. The third-order valence-corrected chi connectivity index (χ3v) is 3.16. The van der Waals surface area contributed by atoms with Crippen molar-refractivity contribution in [2.24, 2.45) is 0 Å². The van der Waals surface area contributed by atoms with Gasteiger partial charge in [-0.3, -0.25) is 4.98 Å². The van der Waals surface area contributed by atoms with Crippen LogP contribution in [0.15, 0.2) is 48.9 Å². The minimum Gasteiger partial charge on any atom is -0.462 e. The van der Waals surface area contributed by atoms with Gasteiger partial charge in [0.15, 0.2) is 0 Å². The Kier molecular flexibility index (Phi) is 3.21. The molecule has 0 amide bonds. The highest BCUT2D eigenvalue weighted by Crippen LogP contribution is 2.28. The Bertz CT molecular complexity index is 762. The minimum absolute atomic E-state index is 0.344. The molecule has 0 saturated heterocycles. The Morgan fingerprint density at radius 1 is 1.30 bits per heavy atom. The molecule has 0 radical (unpaired) electrons. The molecular weight excluding hydrogens is 252 g/mol. The third-order valence-electron chi connectivity index (χ3n) is 3.16. The molecule has 4 nitrogen and oxygen atoms in total. The Morgan fingerprint density at radius 3 is 3.05 bits per heavy atom. The van der Waals surface area contributed by atoms with Crippen molar-refractivity contribution in [3.63, 3.8) is 0 Å². The second kappa shape index (κ2) is 5.17. The van der Waals surface area contributed by atoms with Crippen LogP contribution in [0.3, 0.4) is 0 Å². The molecule has 1 aromatic carbocycles. The van der Waals surface area contributed by atoms with Crippen LogP contribution in [0.1, 0.15) is 17.3 Å². The molecule has 1 N–H and O–H groups in total. The van der Waals surface area contributed by atoms with E-state index >= 15 is 0 Å². The maximum absolute atomic E-state index is 11.8. The summed E-state index contributed by atoms with van der Waals surface area (Å²) in [5, 5.41) is 1.11. The van der Waals surface area contributed by atoms with Gasteiger partial charge in [-0.25, -0.2) is 4.79 Å². The fourth-order valence-electron chi connectivity index (χ4n) is 2.25. The van der Waals surface area contributed by atoms with Gasteiger partial charge in [-0.2, -0.15) is 0 Å². The Labute approximate surface area is 116 Å². The van der Waals surface area contributed by atoms with Crippen molar-refractivity contribution in [1.29, 1.82) is 0 Å². The number of nitrogens with zero attached hydrogens (tertiary/aromatic N) is 1. The van der Waals surface area contributed by atoms with Gasteiger partial charge >= 0.3 is 5.97 Å². The van der Waals surface area contributed by atoms with Gasteiger partial charge in [-0.1, -0.05) is 12.1 Å². The summed E-state index contributed by atoms with van der Waals surface area (Å²) in [6.45, 7) is 2.15. The Balaban J connectivity index is 2.08. The highest BCUT2D eigenvalue weighted by atomic mass is 16.5. The van der Waals surface area contributed by atoms with Crippen LogP contribution < -0.4 is 0 Å². The van der Waals surface area contributed by atoms with Crippen LogP contribution in [-0.2, 0) is 4.74 Å². The van der Waals surface area contributed by atoms with E-state index in [0.717, 1.165) is 22.0 Å². The van der Waals surface area contributed by atoms with Gasteiger partial charge in [0.2, 0.25) is 0 Å². The molecule has 100 valence electrons. The van der Waals surface area contributed by atoms with Crippen molar-refractivity contribution >= 4 is 16.9 Å². The first-order valence-corrected chi connectivity index (χ1v) is 6.48. The van der Waals surface area contributed by atoms with Crippen LogP contribution in [0.2, 0.25) is 0 Å². The van der Waals surface area contributed by atoms with E-state index in [1.807, 2.05) is 36.5 Å². The first-order chi connectivity index (χ1) is 9.79. The second-order valence-corrected chi connectivity index (χ2v) is 4.43. The number of pyridine rings is 1. The number of hydrogen-bond donors (Lipinski definition) is 1. The average molecular weight is 266 g/mol. The van der Waals surface area contributed by atoms with Crippen LogP contribution in [0.4, 0.5) is 0 Å². The quantitative estimate of drug-likeness (QED) is 0.739. The van der Waals surface area contributed by atoms with E-state index < -0.39 is 0 Å². The van der Waals surface area contributed by atoms with Crippen molar-refractivity contribution in [3.05, 3.63) is 54.5 Å². The van der Waals surface area contributed by atoms with E-state index in [9.17, 15) is 4.79 Å². The summed E-state index contributed by atoms with van der Waals surface area (Å²) in [5.41, 5.74) is 3.48. The number of rotatable bonds is 3. The van der Waals surface area contributed by atoms with Crippen LogP contribution in [0.25, 0.3) is 22.0 Å². The van der Waals surface area contributed by atoms with Crippen molar-refractivity contribution in [2.75, 3.05) is 6.61 Å².